The van der Waals surface area contributed by atoms with E-state index in [9.17, 15) is 18.8 Å². The first-order valence-corrected chi connectivity index (χ1v) is 12.0. The monoisotopic (exact) mass is 481 g/mol. The molecule has 0 bridgehead atoms. The molecule has 0 N–H and O–H groups in total. The molecule has 1 aliphatic heterocycles. The number of amides is 1. The van der Waals surface area contributed by atoms with Crippen LogP contribution in [0.2, 0.25) is 5.02 Å². The van der Waals surface area contributed by atoms with Crippen LogP contribution in [0.4, 0.5) is 4.39 Å². The van der Waals surface area contributed by atoms with Crippen molar-refractivity contribution in [3.8, 4) is 0 Å². The lowest BCUT2D eigenvalue weighted by Crippen LogP contribution is -2.44. The number of fused-ring (bicyclic) bond motifs is 2. The van der Waals surface area contributed by atoms with Crippen LogP contribution in [0.1, 0.15) is 48.5 Å². The molecular formula is C26H25ClFN3O3. The molecule has 0 spiro atoms. The molecule has 3 aromatic rings. The van der Waals surface area contributed by atoms with Crippen molar-refractivity contribution in [1.82, 2.24) is 14.5 Å². The van der Waals surface area contributed by atoms with Gasteiger partial charge in [0.25, 0.3) is 0 Å². The minimum absolute atomic E-state index is 0.00660. The highest BCUT2D eigenvalue weighted by Crippen LogP contribution is 2.48. The summed E-state index contributed by atoms with van der Waals surface area (Å²) in [7, 11) is 0. The van der Waals surface area contributed by atoms with Gasteiger partial charge in [-0.2, -0.15) is 0 Å². The summed E-state index contributed by atoms with van der Waals surface area (Å²) in [6, 6.07) is 6.15. The third kappa shape index (κ3) is 4.02. The standard InChI is InChI=1S/C26H25ClFN3O3/c1-2-23(32)18-13-30(22-12-29-9-8-17(18)22)14-25(34)31-20-10-16(20)11-21(31)24(33)7-6-15-4-3-5-19(27)26(15)28/h3-5,8-9,12-13,16,20-21H,2,6-7,10-11,14H2,1H3/t16-,20-,21+/m1/s1. The maximum absolute atomic E-state index is 14.2. The third-order valence-corrected chi connectivity index (χ3v) is 7.34. The Labute approximate surface area is 201 Å². The minimum Gasteiger partial charge on any atom is -0.336 e. The summed E-state index contributed by atoms with van der Waals surface area (Å²) in [5, 5.41) is 0.815. The fraction of sp³-hybridized carbons (Fsp3) is 0.385. The SMILES string of the molecule is CCC(=O)c1cn(CC(=O)N2[C@@H]3C[C@@H]3C[C@H]2C(=O)CCc2cccc(Cl)c2F)c2cnccc12. The number of benzene rings is 1. The van der Waals surface area contributed by atoms with Gasteiger partial charge in [0.15, 0.2) is 11.6 Å². The highest BCUT2D eigenvalue weighted by atomic mass is 35.5. The Morgan fingerprint density at radius 1 is 1.21 bits per heavy atom. The minimum atomic E-state index is -0.496. The van der Waals surface area contributed by atoms with Crippen molar-refractivity contribution in [2.24, 2.45) is 5.92 Å². The first-order valence-electron chi connectivity index (χ1n) is 11.6. The average molecular weight is 482 g/mol. The Kier molecular flexibility index (Phi) is 5.98. The van der Waals surface area contributed by atoms with Crippen LogP contribution in [0.5, 0.6) is 0 Å². The van der Waals surface area contributed by atoms with Crippen LogP contribution in [-0.4, -0.2) is 44.0 Å². The number of carbonyl (C=O) groups is 3. The Morgan fingerprint density at radius 2 is 2.03 bits per heavy atom. The zero-order chi connectivity index (χ0) is 24.0. The number of halogens is 2. The largest absolute Gasteiger partial charge is 0.336 e. The van der Waals surface area contributed by atoms with Crippen molar-refractivity contribution < 1.29 is 18.8 Å². The first-order chi connectivity index (χ1) is 16.4. The highest BCUT2D eigenvalue weighted by Gasteiger charge is 2.55. The number of carbonyl (C=O) groups excluding carboxylic acids is 3. The van der Waals surface area contributed by atoms with Crippen molar-refractivity contribution in [3.63, 3.8) is 0 Å². The molecule has 0 radical (unpaired) electrons. The molecule has 1 saturated heterocycles. The Morgan fingerprint density at radius 3 is 2.82 bits per heavy atom. The van der Waals surface area contributed by atoms with E-state index in [0.717, 1.165) is 17.3 Å². The lowest BCUT2D eigenvalue weighted by Gasteiger charge is -2.27. The number of hydrogen-bond donors (Lipinski definition) is 0. The maximum Gasteiger partial charge on any atom is 0.243 e. The zero-order valence-corrected chi connectivity index (χ0v) is 19.6. The second kappa shape index (κ2) is 8.95. The number of likely N-dealkylation sites (tertiary alicyclic amines) is 1. The summed E-state index contributed by atoms with van der Waals surface area (Å²) < 4.78 is 16.0. The van der Waals surface area contributed by atoms with Gasteiger partial charge in [-0.15, -0.1) is 0 Å². The van der Waals surface area contributed by atoms with E-state index in [4.69, 9.17) is 11.6 Å². The zero-order valence-electron chi connectivity index (χ0n) is 18.8. The summed E-state index contributed by atoms with van der Waals surface area (Å²) in [4.78, 5) is 44.8. The molecule has 6 nitrogen and oxygen atoms in total. The smallest absolute Gasteiger partial charge is 0.243 e. The van der Waals surface area contributed by atoms with E-state index in [1.807, 2.05) is 0 Å². The van der Waals surface area contributed by atoms with Gasteiger partial charge in [-0.1, -0.05) is 30.7 Å². The Balaban J connectivity index is 1.33. The maximum atomic E-state index is 14.2. The number of rotatable bonds is 8. The summed E-state index contributed by atoms with van der Waals surface area (Å²) in [5.41, 5.74) is 1.70. The first kappa shape index (κ1) is 22.7. The second-order valence-electron chi connectivity index (χ2n) is 9.14. The van der Waals surface area contributed by atoms with Crippen molar-refractivity contribution in [2.45, 2.75) is 57.7 Å². The fourth-order valence-corrected chi connectivity index (χ4v) is 5.37. The molecule has 1 aliphatic carbocycles. The molecule has 2 aliphatic rings. The molecule has 1 amide bonds. The quantitative estimate of drug-likeness (QED) is 0.440. The van der Waals surface area contributed by atoms with E-state index >= 15 is 0 Å². The van der Waals surface area contributed by atoms with Crippen molar-refractivity contribution in [3.05, 3.63) is 64.8 Å². The van der Waals surface area contributed by atoms with E-state index in [0.29, 0.717) is 29.9 Å². The summed E-state index contributed by atoms with van der Waals surface area (Å²) >= 11 is 5.85. The number of aromatic nitrogens is 2. The van der Waals surface area contributed by atoms with Gasteiger partial charge < -0.3 is 9.47 Å². The molecule has 1 saturated carbocycles. The number of ketones is 2. The van der Waals surface area contributed by atoms with Crippen LogP contribution in [-0.2, 0) is 22.6 Å². The predicted molar refractivity (Wildman–Crippen MR) is 126 cm³/mol. The Bertz CT molecular complexity index is 1300. The summed E-state index contributed by atoms with van der Waals surface area (Å²) in [6.45, 7) is 1.84. The van der Waals surface area contributed by atoms with Crippen LogP contribution in [0.25, 0.3) is 10.9 Å². The summed E-state index contributed by atoms with van der Waals surface area (Å²) in [5.74, 6) is -0.340. The number of piperidine rings is 1. The molecule has 34 heavy (non-hydrogen) atoms. The number of aryl methyl sites for hydroxylation is 1. The Hall–Kier alpha value is -3.06. The van der Waals surface area contributed by atoms with Gasteiger partial charge in [-0.3, -0.25) is 19.4 Å². The van der Waals surface area contributed by atoms with Gasteiger partial charge in [0, 0.05) is 42.2 Å². The topological polar surface area (TPSA) is 72.3 Å². The molecule has 3 atom stereocenters. The van der Waals surface area contributed by atoms with Gasteiger partial charge in [0.1, 0.15) is 12.4 Å². The summed E-state index contributed by atoms with van der Waals surface area (Å²) in [6.07, 6.45) is 7.33. The molecular weight excluding hydrogens is 457 g/mol. The molecule has 1 aromatic carbocycles. The van der Waals surface area contributed by atoms with Crippen LogP contribution in [0.15, 0.2) is 42.9 Å². The van der Waals surface area contributed by atoms with Gasteiger partial charge >= 0.3 is 0 Å². The lowest BCUT2D eigenvalue weighted by atomic mass is 10.00. The number of nitrogens with zero attached hydrogens (tertiary/aromatic N) is 3. The predicted octanol–water partition coefficient (Wildman–Crippen LogP) is 4.61. The van der Waals surface area contributed by atoms with Crippen LogP contribution in [0, 0.1) is 11.7 Å². The highest BCUT2D eigenvalue weighted by molar-refractivity contribution is 6.30. The van der Waals surface area contributed by atoms with E-state index in [-0.39, 0.29) is 47.9 Å². The van der Waals surface area contributed by atoms with Crippen LogP contribution >= 0.6 is 11.6 Å². The molecule has 5 rings (SSSR count). The van der Waals surface area contributed by atoms with Gasteiger partial charge in [0.05, 0.1) is 22.8 Å². The molecule has 0 unspecified atom stereocenters. The van der Waals surface area contributed by atoms with E-state index in [2.05, 4.69) is 4.98 Å². The van der Waals surface area contributed by atoms with E-state index in [1.165, 1.54) is 6.07 Å². The number of hydrogen-bond acceptors (Lipinski definition) is 4. The van der Waals surface area contributed by atoms with Crippen LogP contribution in [0.3, 0.4) is 0 Å². The molecule has 2 aromatic heterocycles. The second-order valence-corrected chi connectivity index (χ2v) is 9.54. The third-order valence-electron chi connectivity index (χ3n) is 7.05. The van der Waals surface area contributed by atoms with E-state index in [1.54, 1.807) is 53.2 Å². The molecule has 8 heteroatoms. The van der Waals surface area contributed by atoms with Crippen molar-refractivity contribution in [2.75, 3.05) is 0 Å². The average Bonchev–Trinajstić information content (AvgIpc) is 3.35. The van der Waals surface area contributed by atoms with Gasteiger partial charge in [0.2, 0.25) is 5.91 Å². The number of Topliss-reactive ketones (excluding diaryl/α,β-unsaturated/α-hetero) is 2. The van der Waals surface area contributed by atoms with Crippen LogP contribution < -0.4 is 0 Å². The van der Waals surface area contributed by atoms with Gasteiger partial charge in [-0.25, -0.2) is 4.39 Å². The molecule has 2 fully saturated rings. The van der Waals surface area contributed by atoms with Gasteiger partial charge in [-0.05, 0) is 42.9 Å². The van der Waals surface area contributed by atoms with Crippen molar-refractivity contribution >= 4 is 40.0 Å². The molecule has 176 valence electrons. The normalized spacial score (nSPS) is 21.0. The van der Waals surface area contributed by atoms with E-state index < -0.39 is 11.9 Å². The lowest BCUT2D eigenvalue weighted by molar-refractivity contribution is -0.139. The molecule has 3 heterocycles. The fourth-order valence-electron chi connectivity index (χ4n) is 5.18. The number of pyridine rings is 1. The van der Waals surface area contributed by atoms with Crippen molar-refractivity contribution in [1.29, 1.82) is 0 Å².